The summed E-state index contributed by atoms with van der Waals surface area (Å²) in [5.74, 6) is 1.78. The predicted molar refractivity (Wildman–Crippen MR) is 108 cm³/mol. The van der Waals surface area contributed by atoms with Gasteiger partial charge in [0.1, 0.15) is 5.82 Å². The van der Waals surface area contributed by atoms with Crippen LogP contribution in [0.25, 0.3) is 0 Å². The first-order valence-corrected chi connectivity index (χ1v) is 9.18. The highest BCUT2D eigenvalue weighted by atomic mass is 15.2. The lowest BCUT2D eigenvalue weighted by Crippen LogP contribution is -2.41. The minimum Gasteiger partial charge on any atom is -0.363 e. The maximum absolute atomic E-state index is 4.61. The van der Waals surface area contributed by atoms with Crippen LogP contribution in [-0.4, -0.2) is 62.2 Å². The molecule has 0 saturated heterocycles. The zero-order valence-corrected chi connectivity index (χ0v) is 17.0. The maximum Gasteiger partial charge on any atom is 0.191 e. The van der Waals surface area contributed by atoms with Crippen LogP contribution in [0, 0.1) is 0 Å². The number of nitrogens with zero attached hydrogens (tertiary/aromatic N) is 4. The quantitative estimate of drug-likeness (QED) is 0.407. The highest BCUT2D eigenvalue weighted by Gasteiger charge is 2.12. The maximum atomic E-state index is 4.61. The molecule has 0 bridgehead atoms. The molecule has 0 fully saturated rings. The number of anilines is 1. The van der Waals surface area contributed by atoms with Gasteiger partial charge >= 0.3 is 0 Å². The Bertz CT molecular complexity index is 516. The topological polar surface area (TPSA) is 55.8 Å². The molecule has 6 heteroatoms. The minimum absolute atomic E-state index is 0.576. The highest BCUT2D eigenvalue weighted by molar-refractivity contribution is 5.79. The van der Waals surface area contributed by atoms with Gasteiger partial charge in [-0.2, -0.15) is 0 Å². The molecule has 0 amide bonds. The number of rotatable bonds is 9. The van der Waals surface area contributed by atoms with E-state index >= 15 is 0 Å². The molecular weight excluding hydrogens is 312 g/mol. The number of nitrogens with one attached hydrogen (secondary N) is 2. The molecular formula is C19H36N6. The summed E-state index contributed by atoms with van der Waals surface area (Å²) in [5.41, 5.74) is 1.000. The van der Waals surface area contributed by atoms with E-state index in [1.54, 1.807) is 7.05 Å². The molecule has 1 heterocycles. The standard InChI is InChI=1S/C19H36N6/c1-15(2)25(16(3)4)13-9-12-21-19(20-5)22-14-17-10-8-11-18(23-17)24(6)7/h8,10-11,15-16H,9,12-14H2,1-7H3,(H2,20,21,22). The van der Waals surface area contributed by atoms with E-state index in [1.165, 1.54) is 0 Å². The second kappa shape index (κ2) is 10.9. The van der Waals surface area contributed by atoms with Crippen molar-refractivity contribution in [2.45, 2.75) is 52.7 Å². The molecule has 0 atom stereocenters. The van der Waals surface area contributed by atoms with E-state index in [0.717, 1.165) is 37.0 Å². The van der Waals surface area contributed by atoms with Gasteiger partial charge in [0.25, 0.3) is 0 Å². The minimum atomic E-state index is 0.576. The van der Waals surface area contributed by atoms with Crippen molar-refractivity contribution in [1.82, 2.24) is 20.5 Å². The monoisotopic (exact) mass is 348 g/mol. The Kier molecular flexibility index (Phi) is 9.27. The van der Waals surface area contributed by atoms with Gasteiger partial charge in [-0.1, -0.05) is 6.07 Å². The van der Waals surface area contributed by atoms with Gasteiger partial charge in [-0.3, -0.25) is 9.89 Å². The van der Waals surface area contributed by atoms with Gasteiger partial charge in [-0.15, -0.1) is 0 Å². The van der Waals surface area contributed by atoms with Crippen LogP contribution in [0.5, 0.6) is 0 Å². The molecule has 1 rings (SSSR count). The van der Waals surface area contributed by atoms with E-state index < -0.39 is 0 Å². The molecule has 0 spiro atoms. The Labute approximate surface area is 153 Å². The molecule has 1 aromatic rings. The van der Waals surface area contributed by atoms with Gasteiger partial charge in [-0.25, -0.2) is 4.98 Å². The number of guanidine groups is 1. The average Bonchev–Trinajstić information content (AvgIpc) is 2.56. The van der Waals surface area contributed by atoms with Gasteiger partial charge in [-0.05, 0) is 46.2 Å². The summed E-state index contributed by atoms with van der Waals surface area (Å²) in [7, 11) is 5.79. The van der Waals surface area contributed by atoms with Crippen LogP contribution in [0.3, 0.4) is 0 Å². The summed E-state index contributed by atoms with van der Waals surface area (Å²) in [6.07, 6.45) is 1.09. The van der Waals surface area contributed by atoms with Crippen molar-refractivity contribution in [3.05, 3.63) is 23.9 Å². The zero-order valence-electron chi connectivity index (χ0n) is 17.0. The van der Waals surface area contributed by atoms with Crippen LogP contribution in [0.1, 0.15) is 39.8 Å². The third kappa shape index (κ3) is 7.73. The molecule has 0 aliphatic heterocycles. The smallest absolute Gasteiger partial charge is 0.191 e. The predicted octanol–water partition coefficient (Wildman–Crippen LogP) is 2.32. The van der Waals surface area contributed by atoms with Gasteiger partial charge in [0, 0.05) is 46.3 Å². The highest BCUT2D eigenvalue weighted by Crippen LogP contribution is 2.07. The third-order valence-corrected chi connectivity index (χ3v) is 4.12. The van der Waals surface area contributed by atoms with Crippen molar-refractivity contribution >= 4 is 11.8 Å². The van der Waals surface area contributed by atoms with Gasteiger partial charge < -0.3 is 15.5 Å². The van der Waals surface area contributed by atoms with E-state index in [-0.39, 0.29) is 0 Å². The molecule has 6 nitrogen and oxygen atoms in total. The van der Waals surface area contributed by atoms with Gasteiger partial charge in [0.15, 0.2) is 5.96 Å². The fourth-order valence-corrected chi connectivity index (χ4v) is 2.79. The fraction of sp³-hybridized carbons (Fsp3) is 0.684. The largest absolute Gasteiger partial charge is 0.363 e. The Morgan fingerprint density at radius 1 is 1.12 bits per heavy atom. The first-order valence-electron chi connectivity index (χ1n) is 9.18. The van der Waals surface area contributed by atoms with Crippen molar-refractivity contribution in [2.24, 2.45) is 4.99 Å². The normalized spacial score (nSPS) is 12.2. The lowest BCUT2D eigenvalue weighted by Gasteiger charge is -2.30. The number of aliphatic imine (C=N–C) groups is 1. The number of pyridine rings is 1. The lowest BCUT2D eigenvalue weighted by atomic mass is 10.2. The molecule has 2 N–H and O–H groups in total. The van der Waals surface area contributed by atoms with Crippen molar-refractivity contribution in [1.29, 1.82) is 0 Å². The summed E-state index contributed by atoms with van der Waals surface area (Å²) in [5, 5.41) is 6.71. The van der Waals surface area contributed by atoms with Crippen LogP contribution in [-0.2, 0) is 6.54 Å². The van der Waals surface area contributed by atoms with Crippen molar-refractivity contribution in [3.8, 4) is 0 Å². The summed E-state index contributed by atoms with van der Waals surface area (Å²) < 4.78 is 0. The zero-order chi connectivity index (χ0) is 18.8. The second-order valence-electron chi connectivity index (χ2n) is 7.01. The molecule has 0 saturated carbocycles. The first kappa shape index (κ1) is 21.2. The van der Waals surface area contributed by atoms with Crippen LogP contribution in [0.15, 0.2) is 23.2 Å². The molecule has 0 aromatic carbocycles. The van der Waals surface area contributed by atoms with Crippen molar-refractivity contribution < 1.29 is 0 Å². The first-order chi connectivity index (χ1) is 11.8. The Morgan fingerprint density at radius 2 is 1.80 bits per heavy atom. The number of hydrogen-bond acceptors (Lipinski definition) is 4. The Balaban J connectivity index is 2.39. The van der Waals surface area contributed by atoms with Crippen LogP contribution in [0.4, 0.5) is 5.82 Å². The van der Waals surface area contributed by atoms with Crippen molar-refractivity contribution in [3.63, 3.8) is 0 Å². The summed E-state index contributed by atoms with van der Waals surface area (Å²) in [6.45, 7) is 11.7. The number of aromatic nitrogens is 1. The van der Waals surface area contributed by atoms with E-state index in [4.69, 9.17) is 0 Å². The molecule has 142 valence electrons. The van der Waals surface area contributed by atoms with E-state index in [2.05, 4.69) is 53.2 Å². The van der Waals surface area contributed by atoms with Crippen LogP contribution >= 0.6 is 0 Å². The van der Waals surface area contributed by atoms with Gasteiger partial charge in [0.2, 0.25) is 0 Å². The summed E-state index contributed by atoms with van der Waals surface area (Å²) in [6, 6.07) is 7.21. The van der Waals surface area contributed by atoms with E-state index in [1.807, 2.05) is 37.2 Å². The van der Waals surface area contributed by atoms with E-state index in [9.17, 15) is 0 Å². The molecule has 0 aliphatic carbocycles. The summed E-state index contributed by atoms with van der Waals surface area (Å²) in [4.78, 5) is 13.4. The Hall–Kier alpha value is -1.82. The SMILES string of the molecule is CN=C(NCCCN(C(C)C)C(C)C)NCc1cccc(N(C)C)n1. The molecule has 0 aliphatic rings. The third-order valence-electron chi connectivity index (χ3n) is 4.12. The molecule has 0 unspecified atom stereocenters. The molecule has 1 aromatic heterocycles. The molecule has 0 radical (unpaired) electrons. The number of hydrogen-bond donors (Lipinski definition) is 2. The average molecular weight is 349 g/mol. The van der Waals surface area contributed by atoms with Gasteiger partial charge in [0.05, 0.1) is 12.2 Å². The summed E-state index contributed by atoms with van der Waals surface area (Å²) >= 11 is 0. The van der Waals surface area contributed by atoms with Crippen LogP contribution in [0.2, 0.25) is 0 Å². The van der Waals surface area contributed by atoms with Crippen LogP contribution < -0.4 is 15.5 Å². The Morgan fingerprint density at radius 3 is 2.36 bits per heavy atom. The van der Waals surface area contributed by atoms with Crippen molar-refractivity contribution in [2.75, 3.05) is 39.1 Å². The second-order valence-corrected chi connectivity index (χ2v) is 7.01. The molecule has 25 heavy (non-hydrogen) atoms. The lowest BCUT2D eigenvalue weighted by molar-refractivity contribution is 0.173. The van der Waals surface area contributed by atoms with E-state index in [0.29, 0.717) is 18.6 Å². The fourth-order valence-electron chi connectivity index (χ4n) is 2.79.